The van der Waals surface area contributed by atoms with Gasteiger partial charge in [0.15, 0.2) is 11.5 Å². The summed E-state index contributed by atoms with van der Waals surface area (Å²) in [4.78, 5) is 28.9. The van der Waals surface area contributed by atoms with Crippen molar-refractivity contribution in [1.29, 1.82) is 0 Å². The van der Waals surface area contributed by atoms with Gasteiger partial charge in [-0.1, -0.05) is 23.7 Å². The fraction of sp³-hybridized carbons (Fsp3) is 0.333. The lowest BCUT2D eigenvalue weighted by Crippen LogP contribution is -2.37. The van der Waals surface area contributed by atoms with Crippen LogP contribution in [0.1, 0.15) is 27.1 Å². The Morgan fingerprint density at radius 2 is 1.62 bits per heavy atom. The maximum absolute atomic E-state index is 13.9. The van der Waals surface area contributed by atoms with E-state index in [0.717, 1.165) is 0 Å². The van der Waals surface area contributed by atoms with Crippen molar-refractivity contribution >= 4 is 23.4 Å². The number of nitrogens with zero attached hydrogens (tertiary/aromatic N) is 2. The summed E-state index contributed by atoms with van der Waals surface area (Å²) in [5, 5.41) is 0.279. The first-order valence-electron chi connectivity index (χ1n) is 9.21. The number of hydrogen-bond donors (Lipinski definition) is 0. The quantitative estimate of drug-likeness (QED) is 0.759. The lowest BCUT2D eigenvalue weighted by molar-refractivity contribution is 0.0716. The number of rotatable bonds is 4. The summed E-state index contributed by atoms with van der Waals surface area (Å²) < 4.78 is 24.4. The second-order valence-electron chi connectivity index (χ2n) is 6.61. The van der Waals surface area contributed by atoms with Gasteiger partial charge in [-0.15, -0.1) is 0 Å². The van der Waals surface area contributed by atoms with Crippen molar-refractivity contribution in [3.63, 3.8) is 0 Å². The molecule has 0 aliphatic carbocycles. The zero-order chi connectivity index (χ0) is 21.0. The van der Waals surface area contributed by atoms with Crippen LogP contribution in [0, 0.1) is 5.82 Å². The maximum atomic E-state index is 13.9. The standard InChI is InChI=1S/C21H22ClFN2O4/c1-28-18-13-14(12-16(22)19(18)29-2)20(26)24-8-5-9-25(11-10-24)21(27)15-6-3-4-7-17(15)23/h3-4,6-7,12-13H,5,8-11H2,1-2H3. The third-order valence-electron chi connectivity index (χ3n) is 4.86. The molecule has 6 nitrogen and oxygen atoms in total. The number of methoxy groups -OCH3 is 2. The molecule has 2 amide bonds. The Morgan fingerprint density at radius 1 is 0.966 bits per heavy atom. The van der Waals surface area contributed by atoms with E-state index in [2.05, 4.69) is 0 Å². The van der Waals surface area contributed by atoms with E-state index in [1.165, 1.54) is 26.4 Å². The molecule has 1 saturated heterocycles. The number of carbonyl (C=O) groups excluding carboxylic acids is 2. The van der Waals surface area contributed by atoms with Gasteiger partial charge in [0, 0.05) is 31.7 Å². The largest absolute Gasteiger partial charge is 0.493 e. The van der Waals surface area contributed by atoms with E-state index in [0.29, 0.717) is 49.7 Å². The van der Waals surface area contributed by atoms with E-state index in [1.807, 2.05) is 0 Å². The Morgan fingerprint density at radius 3 is 2.24 bits per heavy atom. The molecule has 8 heteroatoms. The van der Waals surface area contributed by atoms with Gasteiger partial charge in [-0.05, 0) is 30.7 Å². The van der Waals surface area contributed by atoms with E-state index in [1.54, 1.807) is 34.1 Å². The van der Waals surface area contributed by atoms with Gasteiger partial charge >= 0.3 is 0 Å². The number of hydrogen-bond acceptors (Lipinski definition) is 4. The van der Waals surface area contributed by atoms with Crippen molar-refractivity contribution in [3.8, 4) is 11.5 Å². The summed E-state index contributed by atoms with van der Waals surface area (Å²) in [5.74, 6) is -0.396. The minimum Gasteiger partial charge on any atom is -0.493 e. The molecule has 1 aliphatic heterocycles. The van der Waals surface area contributed by atoms with Gasteiger partial charge in [-0.25, -0.2) is 4.39 Å². The van der Waals surface area contributed by atoms with E-state index in [-0.39, 0.29) is 22.4 Å². The first-order chi connectivity index (χ1) is 14.0. The van der Waals surface area contributed by atoms with E-state index >= 15 is 0 Å². The molecule has 0 saturated carbocycles. The second kappa shape index (κ2) is 9.13. The average molecular weight is 421 g/mol. The molecule has 0 unspecified atom stereocenters. The Balaban J connectivity index is 1.74. The highest BCUT2D eigenvalue weighted by Crippen LogP contribution is 2.36. The molecule has 1 fully saturated rings. The summed E-state index contributed by atoms with van der Waals surface area (Å²) >= 11 is 6.21. The predicted molar refractivity (Wildman–Crippen MR) is 107 cm³/mol. The third kappa shape index (κ3) is 4.45. The van der Waals surface area contributed by atoms with Crippen LogP contribution in [0.2, 0.25) is 5.02 Å². The molecule has 0 radical (unpaired) electrons. The van der Waals surface area contributed by atoms with Crippen LogP contribution in [0.25, 0.3) is 0 Å². The zero-order valence-electron chi connectivity index (χ0n) is 16.3. The maximum Gasteiger partial charge on any atom is 0.256 e. The summed E-state index contributed by atoms with van der Waals surface area (Å²) in [6.45, 7) is 1.58. The first kappa shape index (κ1) is 20.9. The summed E-state index contributed by atoms with van der Waals surface area (Å²) in [6, 6.07) is 9.03. The molecule has 0 N–H and O–H groups in total. The van der Waals surface area contributed by atoms with Gasteiger partial charge in [0.05, 0.1) is 24.8 Å². The van der Waals surface area contributed by atoms with Crippen molar-refractivity contribution in [2.45, 2.75) is 6.42 Å². The normalized spacial score (nSPS) is 14.3. The molecular weight excluding hydrogens is 399 g/mol. The van der Waals surface area contributed by atoms with Crippen LogP contribution >= 0.6 is 11.6 Å². The lowest BCUT2D eigenvalue weighted by atomic mass is 10.1. The second-order valence-corrected chi connectivity index (χ2v) is 7.02. The number of halogens is 2. The van der Waals surface area contributed by atoms with Crippen LogP contribution in [0.3, 0.4) is 0 Å². The molecule has 2 aromatic rings. The van der Waals surface area contributed by atoms with Crippen molar-refractivity contribution in [2.24, 2.45) is 0 Å². The molecule has 0 aromatic heterocycles. The van der Waals surface area contributed by atoms with E-state index in [9.17, 15) is 14.0 Å². The van der Waals surface area contributed by atoms with Crippen LogP contribution in [0.4, 0.5) is 4.39 Å². The van der Waals surface area contributed by atoms with Crippen molar-refractivity contribution in [2.75, 3.05) is 40.4 Å². The summed E-state index contributed by atoms with van der Waals surface area (Å²) in [7, 11) is 2.95. The minimum absolute atomic E-state index is 0.0407. The Kier molecular flexibility index (Phi) is 6.59. The molecule has 29 heavy (non-hydrogen) atoms. The average Bonchev–Trinajstić information content (AvgIpc) is 2.98. The smallest absolute Gasteiger partial charge is 0.256 e. The number of carbonyl (C=O) groups is 2. The number of benzene rings is 2. The topological polar surface area (TPSA) is 59.1 Å². The zero-order valence-corrected chi connectivity index (χ0v) is 17.0. The fourth-order valence-corrected chi connectivity index (χ4v) is 3.64. The molecule has 0 atom stereocenters. The van der Waals surface area contributed by atoms with Crippen molar-refractivity contribution in [3.05, 3.63) is 58.4 Å². The lowest BCUT2D eigenvalue weighted by Gasteiger charge is -2.23. The molecule has 3 rings (SSSR count). The Bertz CT molecular complexity index is 922. The molecular formula is C21H22ClFN2O4. The number of ether oxygens (including phenoxy) is 2. The monoisotopic (exact) mass is 420 g/mol. The van der Waals surface area contributed by atoms with Crippen LogP contribution in [0.15, 0.2) is 36.4 Å². The molecule has 0 bridgehead atoms. The Labute approximate surface area is 173 Å². The first-order valence-corrected chi connectivity index (χ1v) is 9.58. The van der Waals surface area contributed by atoms with E-state index in [4.69, 9.17) is 21.1 Å². The van der Waals surface area contributed by atoms with Crippen LogP contribution in [-0.4, -0.2) is 62.0 Å². The highest BCUT2D eigenvalue weighted by molar-refractivity contribution is 6.32. The summed E-state index contributed by atoms with van der Waals surface area (Å²) in [6.07, 6.45) is 0.590. The Hall–Kier alpha value is -2.80. The molecule has 2 aromatic carbocycles. The van der Waals surface area contributed by atoms with Crippen molar-refractivity contribution < 1.29 is 23.5 Å². The SMILES string of the molecule is COc1cc(C(=O)N2CCCN(C(=O)c3ccccc3F)CC2)cc(Cl)c1OC. The minimum atomic E-state index is -0.547. The molecule has 154 valence electrons. The predicted octanol–water partition coefficient (Wildman–Crippen LogP) is 3.48. The van der Waals surface area contributed by atoms with Gasteiger partial charge in [0.25, 0.3) is 11.8 Å². The molecule has 0 spiro atoms. The van der Waals surface area contributed by atoms with Gasteiger partial charge in [0.2, 0.25) is 0 Å². The van der Waals surface area contributed by atoms with Gasteiger partial charge in [0.1, 0.15) is 5.82 Å². The number of amides is 2. The van der Waals surface area contributed by atoms with Gasteiger partial charge < -0.3 is 19.3 Å². The fourth-order valence-electron chi connectivity index (χ4n) is 3.35. The summed E-state index contributed by atoms with van der Waals surface area (Å²) in [5.41, 5.74) is 0.417. The van der Waals surface area contributed by atoms with Crippen LogP contribution in [-0.2, 0) is 0 Å². The van der Waals surface area contributed by atoms with Gasteiger partial charge in [-0.2, -0.15) is 0 Å². The van der Waals surface area contributed by atoms with Crippen molar-refractivity contribution in [1.82, 2.24) is 9.80 Å². The molecule has 1 aliphatic rings. The highest BCUT2D eigenvalue weighted by atomic mass is 35.5. The highest BCUT2D eigenvalue weighted by Gasteiger charge is 2.26. The van der Waals surface area contributed by atoms with Crippen LogP contribution < -0.4 is 9.47 Å². The van der Waals surface area contributed by atoms with E-state index < -0.39 is 5.82 Å². The molecule has 1 heterocycles. The van der Waals surface area contributed by atoms with Gasteiger partial charge in [-0.3, -0.25) is 9.59 Å². The third-order valence-corrected chi connectivity index (χ3v) is 5.14. The van der Waals surface area contributed by atoms with Crippen LogP contribution in [0.5, 0.6) is 11.5 Å².